The number of anilines is 1. The van der Waals surface area contributed by atoms with E-state index in [4.69, 9.17) is 9.47 Å². The second-order valence-electron chi connectivity index (χ2n) is 5.99. The van der Waals surface area contributed by atoms with Gasteiger partial charge in [-0.1, -0.05) is 18.2 Å². The molecule has 3 aromatic rings. The van der Waals surface area contributed by atoms with Gasteiger partial charge >= 0.3 is 5.97 Å². The number of hydrogen-bond donors (Lipinski definition) is 0. The molecule has 0 N–H and O–H groups in total. The molecule has 0 amide bonds. The molecular weight excluding hydrogens is 392 g/mol. The maximum atomic E-state index is 12.7. The van der Waals surface area contributed by atoms with Crippen molar-refractivity contribution < 1.29 is 22.7 Å². The third-order valence-electron chi connectivity index (χ3n) is 4.07. The Balaban J connectivity index is 1.71. The van der Waals surface area contributed by atoms with Gasteiger partial charge in [-0.15, -0.1) is 0 Å². The monoisotopic (exact) mass is 412 g/mol. The number of carbonyl (C=O) groups excluding carboxylic acids is 1. The van der Waals surface area contributed by atoms with Crippen molar-refractivity contribution in [3.8, 4) is 11.6 Å². The number of aromatic nitrogens is 1. The van der Waals surface area contributed by atoms with E-state index in [1.807, 2.05) is 0 Å². The van der Waals surface area contributed by atoms with Crippen LogP contribution in [0.3, 0.4) is 0 Å². The third kappa shape index (κ3) is 4.72. The fraction of sp³-hybridized carbons (Fsp3) is 0.143. The molecule has 0 saturated heterocycles. The Kier molecular flexibility index (Phi) is 6.13. The SMILES string of the molecule is CCOC(=O)c1ccc(Oc2ccc(N(C)S(=O)(=O)c3ccccc3)cc2)nc1. The fourth-order valence-electron chi connectivity index (χ4n) is 2.51. The van der Waals surface area contributed by atoms with Crippen molar-refractivity contribution in [3.63, 3.8) is 0 Å². The minimum atomic E-state index is -3.65. The van der Waals surface area contributed by atoms with Gasteiger partial charge in [-0.3, -0.25) is 4.31 Å². The van der Waals surface area contributed by atoms with Crippen LogP contribution in [0, 0.1) is 0 Å². The van der Waals surface area contributed by atoms with E-state index in [1.165, 1.54) is 17.5 Å². The van der Waals surface area contributed by atoms with Gasteiger partial charge in [0, 0.05) is 19.3 Å². The van der Waals surface area contributed by atoms with E-state index < -0.39 is 16.0 Å². The molecule has 2 aromatic carbocycles. The predicted octanol–water partition coefficient (Wildman–Crippen LogP) is 3.88. The van der Waals surface area contributed by atoms with E-state index in [0.29, 0.717) is 22.9 Å². The van der Waals surface area contributed by atoms with Crippen molar-refractivity contribution in [2.24, 2.45) is 0 Å². The third-order valence-corrected chi connectivity index (χ3v) is 5.87. The average Bonchev–Trinajstić information content (AvgIpc) is 2.75. The number of esters is 1. The molecule has 0 atom stereocenters. The van der Waals surface area contributed by atoms with Gasteiger partial charge in [0.25, 0.3) is 10.0 Å². The number of benzene rings is 2. The van der Waals surface area contributed by atoms with Crippen LogP contribution in [-0.2, 0) is 14.8 Å². The second kappa shape index (κ2) is 8.74. The van der Waals surface area contributed by atoms with Crippen molar-refractivity contribution >= 4 is 21.7 Å². The lowest BCUT2D eigenvalue weighted by atomic mass is 10.3. The molecule has 0 radical (unpaired) electrons. The summed E-state index contributed by atoms with van der Waals surface area (Å²) in [5.74, 6) is 0.338. The van der Waals surface area contributed by atoms with Gasteiger partial charge in [0.1, 0.15) is 5.75 Å². The van der Waals surface area contributed by atoms with Crippen LogP contribution in [0.1, 0.15) is 17.3 Å². The van der Waals surface area contributed by atoms with Crippen LogP contribution in [0.15, 0.2) is 77.8 Å². The van der Waals surface area contributed by atoms with Crippen LogP contribution in [-0.4, -0.2) is 33.0 Å². The highest BCUT2D eigenvalue weighted by Gasteiger charge is 2.20. The highest BCUT2D eigenvalue weighted by Crippen LogP contribution is 2.26. The van der Waals surface area contributed by atoms with E-state index in [-0.39, 0.29) is 11.5 Å². The number of rotatable bonds is 7. The summed E-state index contributed by atoms with van der Waals surface area (Å²) in [5.41, 5.74) is 0.828. The predicted molar refractivity (Wildman–Crippen MR) is 109 cm³/mol. The van der Waals surface area contributed by atoms with Crippen LogP contribution in [0.5, 0.6) is 11.6 Å². The van der Waals surface area contributed by atoms with Gasteiger partial charge in [0.2, 0.25) is 5.88 Å². The molecule has 1 heterocycles. The first kappa shape index (κ1) is 20.3. The van der Waals surface area contributed by atoms with E-state index >= 15 is 0 Å². The van der Waals surface area contributed by atoms with Gasteiger partial charge in [0.05, 0.1) is 22.8 Å². The molecule has 0 aliphatic heterocycles. The highest BCUT2D eigenvalue weighted by atomic mass is 32.2. The van der Waals surface area contributed by atoms with Crippen molar-refractivity contribution in [2.45, 2.75) is 11.8 Å². The molecule has 29 heavy (non-hydrogen) atoms. The number of ether oxygens (including phenoxy) is 2. The van der Waals surface area contributed by atoms with Gasteiger partial charge in [-0.05, 0) is 49.4 Å². The number of pyridine rings is 1. The van der Waals surface area contributed by atoms with Gasteiger partial charge in [-0.2, -0.15) is 0 Å². The quantitative estimate of drug-likeness (QED) is 0.548. The summed E-state index contributed by atoms with van der Waals surface area (Å²) >= 11 is 0. The Hall–Kier alpha value is -3.39. The molecule has 0 aliphatic rings. The Morgan fingerprint density at radius 3 is 2.28 bits per heavy atom. The lowest BCUT2D eigenvalue weighted by Crippen LogP contribution is -2.26. The fourth-order valence-corrected chi connectivity index (χ4v) is 3.73. The molecule has 0 unspecified atom stereocenters. The van der Waals surface area contributed by atoms with Crippen LogP contribution in [0.2, 0.25) is 0 Å². The van der Waals surface area contributed by atoms with E-state index in [0.717, 1.165) is 0 Å². The first-order chi connectivity index (χ1) is 13.9. The van der Waals surface area contributed by atoms with Crippen LogP contribution < -0.4 is 9.04 Å². The standard InChI is InChI=1S/C21H20N2O5S/c1-3-27-21(24)16-9-14-20(22-15-16)28-18-12-10-17(11-13-18)23(2)29(25,26)19-7-5-4-6-8-19/h4-15H,3H2,1-2H3. The lowest BCUT2D eigenvalue weighted by molar-refractivity contribution is 0.0526. The molecular formula is C21H20N2O5S. The number of sulfonamides is 1. The van der Waals surface area contributed by atoms with Crippen molar-refractivity contribution in [2.75, 3.05) is 18.0 Å². The second-order valence-corrected chi connectivity index (χ2v) is 7.96. The minimum absolute atomic E-state index is 0.216. The summed E-state index contributed by atoms with van der Waals surface area (Å²) in [6, 6.07) is 17.9. The van der Waals surface area contributed by atoms with E-state index in [9.17, 15) is 13.2 Å². The van der Waals surface area contributed by atoms with Crippen molar-refractivity contribution in [1.82, 2.24) is 4.98 Å². The zero-order valence-electron chi connectivity index (χ0n) is 16.0. The normalized spacial score (nSPS) is 11.0. The van der Waals surface area contributed by atoms with Crippen molar-refractivity contribution in [1.29, 1.82) is 0 Å². The summed E-state index contributed by atoms with van der Waals surface area (Å²) in [5, 5.41) is 0. The first-order valence-corrected chi connectivity index (χ1v) is 10.3. The molecule has 0 spiro atoms. The van der Waals surface area contributed by atoms with Gasteiger partial charge in [0.15, 0.2) is 0 Å². The summed E-state index contributed by atoms with van der Waals surface area (Å²) in [4.78, 5) is 15.9. The number of hydrogen-bond acceptors (Lipinski definition) is 6. The van der Waals surface area contributed by atoms with Crippen molar-refractivity contribution in [3.05, 3.63) is 78.5 Å². The largest absolute Gasteiger partial charge is 0.462 e. The molecule has 0 bridgehead atoms. The van der Waals surface area contributed by atoms with Crippen LogP contribution in [0.4, 0.5) is 5.69 Å². The summed E-state index contributed by atoms with van der Waals surface area (Å²) < 4.78 is 37.1. The summed E-state index contributed by atoms with van der Waals surface area (Å²) in [6.07, 6.45) is 1.38. The maximum Gasteiger partial charge on any atom is 0.339 e. The Morgan fingerprint density at radius 2 is 1.69 bits per heavy atom. The lowest BCUT2D eigenvalue weighted by Gasteiger charge is -2.19. The Labute approximate surface area is 169 Å². The molecule has 1 aromatic heterocycles. The summed E-state index contributed by atoms with van der Waals surface area (Å²) in [7, 11) is -2.15. The van der Waals surface area contributed by atoms with E-state index in [2.05, 4.69) is 4.98 Å². The van der Waals surface area contributed by atoms with Gasteiger partial charge in [-0.25, -0.2) is 18.2 Å². The molecule has 0 aliphatic carbocycles. The molecule has 3 rings (SSSR count). The minimum Gasteiger partial charge on any atom is -0.462 e. The first-order valence-electron chi connectivity index (χ1n) is 8.87. The molecule has 0 fully saturated rings. The zero-order chi connectivity index (χ0) is 20.9. The topological polar surface area (TPSA) is 85.8 Å². The van der Waals surface area contributed by atoms with Crippen LogP contribution in [0.25, 0.3) is 0 Å². The number of carbonyl (C=O) groups is 1. The Bertz CT molecular complexity index is 1070. The Morgan fingerprint density at radius 1 is 1.00 bits per heavy atom. The van der Waals surface area contributed by atoms with Gasteiger partial charge < -0.3 is 9.47 Å². The maximum absolute atomic E-state index is 12.7. The molecule has 0 saturated carbocycles. The van der Waals surface area contributed by atoms with Crippen LogP contribution >= 0.6 is 0 Å². The van der Waals surface area contributed by atoms with E-state index in [1.54, 1.807) is 73.7 Å². The smallest absolute Gasteiger partial charge is 0.339 e. The average molecular weight is 412 g/mol. The molecule has 8 heteroatoms. The molecule has 7 nitrogen and oxygen atoms in total. The zero-order valence-corrected chi connectivity index (χ0v) is 16.8. The summed E-state index contributed by atoms with van der Waals surface area (Å²) in [6.45, 7) is 2.02. The molecule has 150 valence electrons. The number of nitrogens with zero attached hydrogens (tertiary/aromatic N) is 2. The highest BCUT2D eigenvalue weighted by molar-refractivity contribution is 7.92.